The monoisotopic (exact) mass is 573 g/mol. The molecule has 9 rings (SSSR count). The molecule has 0 unspecified atom stereocenters. The van der Waals surface area contributed by atoms with Crippen LogP contribution in [0.5, 0.6) is 0 Å². The highest BCUT2D eigenvalue weighted by molar-refractivity contribution is 6.90. The number of hydrogen-bond donors (Lipinski definition) is 0. The summed E-state index contributed by atoms with van der Waals surface area (Å²) < 4.78 is 2.39. The predicted molar refractivity (Wildman–Crippen MR) is 189 cm³/mol. The van der Waals surface area contributed by atoms with Gasteiger partial charge in [-0.15, -0.1) is 0 Å². The Labute approximate surface area is 262 Å². The molecule has 8 aromatic rings. The molecule has 3 nitrogen and oxygen atoms in total. The van der Waals surface area contributed by atoms with Gasteiger partial charge in [0.05, 0.1) is 22.4 Å². The molecular weight excluding hydrogens is 545 g/mol. The van der Waals surface area contributed by atoms with Crippen molar-refractivity contribution in [1.82, 2.24) is 9.55 Å². The first-order valence-corrected chi connectivity index (χ1v) is 15.4. The van der Waals surface area contributed by atoms with Crippen molar-refractivity contribution < 1.29 is 0 Å². The van der Waals surface area contributed by atoms with Crippen LogP contribution >= 0.6 is 0 Å². The molecule has 0 saturated carbocycles. The highest BCUT2D eigenvalue weighted by atomic mass is 15.2. The smallest absolute Gasteiger partial charge is 0.330 e. The summed E-state index contributed by atoms with van der Waals surface area (Å²) in [4.78, 5) is 7.90. The van der Waals surface area contributed by atoms with E-state index in [2.05, 4.69) is 179 Å². The number of aromatic nitrogens is 2. The SMILES string of the molecule is c1ccc(B2c3ccccc3-c3ccccc3N2c2cc(-n3c4ccccc4c4ccccc43)cc(-c3ccccc3)n2)cc1. The Kier molecular flexibility index (Phi) is 5.92. The van der Waals surface area contributed by atoms with E-state index < -0.39 is 0 Å². The van der Waals surface area contributed by atoms with Crippen molar-refractivity contribution in [3.8, 4) is 28.1 Å². The molecule has 0 aliphatic carbocycles. The van der Waals surface area contributed by atoms with Gasteiger partial charge in [-0.05, 0) is 35.3 Å². The Hall–Kier alpha value is -5.87. The maximum Gasteiger partial charge on any atom is 0.330 e. The molecule has 0 saturated heterocycles. The lowest BCUT2D eigenvalue weighted by Gasteiger charge is -2.38. The first-order chi connectivity index (χ1) is 22.3. The molecule has 4 heteroatoms. The molecule has 3 heterocycles. The van der Waals surface area contributed by atoms with Crippen LogP contribution in [-0.4, -0.2) is 16.4 Å². The van der Waals surface area contributed by atoms with Gasteiger partial charge in [-0.3, -0.25) is 0 Å². The van der Waals surface area contributed by atoms with Gasteiger partial charge in [0.15, 0.2) is 0 Å². The van der Waals surface area contributed by atoms with Crippen LogP contribution in [0.1, 0.15) is 0 Å². The minimum absolute atomic E-state index is 0.0539. The van der Waals surface area contributed by atoms with Gasteiger partial charge >= 0.3 is 6.85 Å². The molecule has 0 bridgehead atoms. The number of benzene rings is 6. The average Bonchev–Trinajstić information content (AvgIpc) is 3.46. The number of rotatable bonds is 4. The molecule has 45 heavy (non-hydrogen) atoms. The highest BCUT2D eigenvalue weighted by Crippen LogP contribution is 2.41. The van der Waals surface area contributed by atoms with Crippen molar-refractivity contribution in [3.05, 3.63) is 170 Å². The quantitative estimate of drug-likeness (QED) is 0.196. The van der Waals surface area contributed by atoms with E-state index >= 15 is 0 Å². The molecule has 210 valence electrons. The third-order valence-electron chi connectivity index (χ3n) is 9.03. The van der Waals surface area contributed by atoms with Gasteiger partial charge in [-0.25, -0.2) is 4.98 Å². The summed E-state index contributed by atoms with van der Waals surface area (Å²) in [7, 11) is 0. The third-order valence-corrected chi connectivity index (χ3v) is 9.03. The van der Waals surface area contributed by atoms with Crippen LogP contribution in [-0.2, 0) is 0 Å². The second-order valence-corrected chi connectivity index (χ2v) is 11.6. The molecule has 0 radical (unpaired) electrons. The number of para-hydroxylation sites is 3. The van der Waals surface area contributed by atoms with E-state index in [0.717, 1.165) is 28.5 Å². The van der Waals surface area contributed by atoms with Gasteiger partial charge in [-0.1, -0.05) is 145 Å². The van der Waals surface area contributed by atoms with E-state index in [1.165, 1.54) is 43.9 Å². The van der Waals surface area contributed by atoms with Crippen molar-refractivity contribution in [1.29, 1.82) is 0 Å². The van der Waals surface area contributed by atoms with Gasteiger partial charge in [0, 0.05) is 33.7 Å². The van der Waals surface area contributed by atoms with E-state index in [4.69, 9.17) is 4.98 Å². The zero-order valence-corrected chi connectivity index (χ0v) is 24.6. The van der Waals surface area contributed by atoms with E-state index in [9.17, 15) is 0 Å². The molecule has 6 aromatic carbocycles. The number of hydrogen-bond acceptors (Lipinski definition) is 2. The Bertz CT molecular complexity index is 2290. The van der Waals surface area contributed by atoms with E-state index in [-0.39, 0.29) is 6.85 Å². The molecule has 1 aliphatic heterocycles. The normalized spacial score (nSPS) is 12.4. The Morgan fingerprint density at radius 2 is 1.07 bits per heavy atom. The van der Waals surface area contributed by atoms with Crippen molar-refractivity contribution in [3.63, 3.8) is 0 Å². The summed E-state index contributed by atoms with van der Waals surface area (Å²) in [6.45, 7) is -0.0539. The fourth-order valence-electron chi connectivity index (χ4n) is 7.10. The van der Waals surface area contributed by atoms with Crippen molar-refractivity contribution in [2.75, 3.05) is 4.81 Å². The summed E-state index contributed by atoms with van der Waals surface area (Å²) >= 11 is 0. The number of pyridine rings is 1. The van der Waals surface area contributed by atoms with E-state index in [0.29, 0.717) is 0 Å². The fourth-order valence-corrected chi connectivity index (χ4v) is 7.10. The van der Waals surface area contributed by atoms with Crippen molar-refractivity contribution in [2.24, 2.45) is 0 Å². The number of fused-ring (bicyclic) bond motifs is 6. The van der Waals surface area contributed by atoms with Gasteiger partial charge in [0.2, 0.25) is 0 Å². The van der Waals surface area contributed by atoms with Gasteiger partial charge in [-0.2, -0.15) is 0 Å². The molecule has 0 atom stereocenters. The van der Waals surface area contributed by atoms with Crippen LogP contribution in [0.15, 0.2) is 170 Å². The molecule has 0 N–H and O–H groups in total. The summed E-state index contributed by atoms with van der Waals surface area (Å²) in [5, 5.41) is 2.49. The van der Waals surface area contributed by atoms with Crippen LogP contribution in [0, 0.1) is 0 Å². The number of anilines is 2. The van der Waals surface area contributed by atoms with Gasteiger partial charge in [0.1, 0.15) is 5.82 Å². The first-order valence-electron chi connectivity index (χ1n) is 15.4. The summed E-state index contributed by atoms with van der Waals surface area (Å²) in [5.74, 6) is 0.907. The Balaban J connectivity index is 1.37. The molecule has 0 amide bonds. The lowest BCUT2D eigenvalue weighted by Crippen LogP contribution is -2.57. The fraction of sp³-hybridized carbons (Fsp3) is 0. The standard InChI is InChI=1S/C41H28BN3/c1-3-15-29(16-4-1)37-27-31(44-38-24-12-8-21-34(38)35-22-9-13-25-39(35)44)28-41(43-37)45-40-26-14-10-20-33(40)32-19-7-11-23-36(32)42(45)30-17-5-2-6-18-30/h1-28H. The van der Waals surface area contributed by atoms with Gasteiger partial charge < -0.3 is 9.38 Å². The molecule has 0 spiro atoms. The van der Waals surface area contributed by atoms with Crippen LogP contribution in [0.2, 0.25) is 0 Å². The molecule has 2 aromatic heterocycles. The lowest BCUT2D eigenvalue weighted by atomic mass is 9.46. The second-order valence-electron chi connectivity index (χ2n) is 11.6. The molecule has 0 fully saturated rings. The topological polar surface area (TPSA) is 21.1 Å². The minimum atomic E-state index is -0.0539. The Morgan fingerprint density at radius 3 is 1.80 bits per heavy atom. The summed E-state index contributed by atoms with van der Waals surface area (Å²) in [6.07, 6.45) is 0. The van der Waals surface area contributed by atoms with Crippen LogP contribution in [0.25, 0.3) is 49.9 Å². The second kappa shape index (κ2) is 10.4. The van der Waals surface area contributed by atoms with Crippen LogP contribution in [0.4, 0.5) is 11.5 Å². The zero-order chi connectivity index (χ0) is 29.7. The summed E-state index contributed by atoms with van der Waals surface area (Å²) in [6, 6.07) is 60.8. The largest absolute Gasteiger partial charge is 0.361 e. The predicted octanol–water partition coefficient (Wildman–Crippen LogP) is 8.77. The number of nitrogens with zero attached hydrogens (tertiary/aromatic N) is 3. The molecule has 1 aliphatic rings. The zero-order valence-electron chi connectivity index (χ0n) is 24.6. The van der Waals surface area contributed by atoms with Crippen molar-refractivity contribution >= 4 is 51.1 Å². The van der Waals surface area contributed by atoms with E-state index in [1.807, 2.05) is 0 Å². The minimum Gasteiger partial charge on any atom is -0.361 e. The maximum absolute atomic E-state index is 5.46. The van der Waals surface area contributed by atoms with Crippen molar-refractivity contribution in [2.45, 2.75) is 0 Å². The van der Waals surface area contributed by atoms with Crippen LogP contribution in [0.3, 0.4) is 0 Å². The highest BCUT2D eigenvalue weighted by Gasteiger charge is 2.37. The molecular formula is C41H28BN3. The maximum atomic E-state index is 5.46. The lowest BCUT2D eigenvalue weighted by molar-refractivity contribution is 1.14. The van der Waals surface area contributed by atoms with Crippen LogP contribution < -0.4 is 15.7 Å². The first kappa shape index (κ1) is 25.6. The summed E-state index contributed by atoms with van der Waals surface area (Å²) in [5.41, 5.74) is 11.6. The van der Waals surface area contributed by atoms with Gasteiger partial charge in [0.25, 0.3) is 0 Å². The third kappa shape index (κ3) is 4.11. The Morgan fingerprint density at radius 1 is 0.489 bits per heavy atom. The average molecular weight is 574 g/mol. The van der Waals surface area contributed by atoms with E-state index in [1.54, 1.807) is 0 Å².